The molecule has 1 aromatic carbocycles. The van der Waals surface area contributed by atoms with Crippen LogP contribution in [0.15, 0.2) is 30.6 Å². The van der Waals surface area contributed by atoms with Gasteiger partial charge in [0.2, 0.25) is 0 Å². The molecule has 0 aliphatic carbocycles. The van der Waals surface area contributed by atoms with E-state index in [2.05, 4.69) is 46.6 Å². The number of nitrogens with one attached hydrogen (secondary N) is 2. The van der Waals surface area contributed by atoms with E-state index >= 15 is 0 Å². The average molecular weight is 327 g/mol. The molecule has 0 radical (unpaired) electrons. The number of ether oxygens (including phenoxy) is 1. The number of hydrogen-bond acceptors (Lipinski definition) is 6. The van der Waals surface area contributed by atoms with E-state index in [0.717, 1.165) is 25.1 Å². The Labute approximate surface area is 142 Å². The van der Waals surface area contributed by atoms with Crippen LogP contribution in [0.5, 0.6) is 0 Å². The first-order valence-electron chi connectivity index (χ1n) is 8.46. The van der Waals surface area contributed by atoms with Crippen molar-refractivity contribution in [1.29, 1.82) is 0 Å². The Hall–Kier alpha value is -2.34. The summed E-state index contributed by atoms with van der Waals surface area (Å²) in [6.45, 7) is 5.90. The van der Waals surface area contributed by atoms with Crippen molar-refractivity contribution in [2.75, 3.05) is 29.5 Å². The van der Waals surface area contributed by atoms with Crippen LogP contribution in [-0.4, -0.2) is 29.2 Å². The van der Waals surface area contributed by atoms with E-state index < -0.39 is 0 Å². The molecule has 2 heterocycles. The van der Waals surface area contributed by atoms with Gasteiger partial charge in [-0.1, -0.05) is 26.0 Å². The highest BCUT2D eigenvalue weighted by Gasteiger charge is 2.16. The van der Waals surface area contributed by atoms with Gasteiger partial charge in [0, 0.05) is 18.8 Å². The largest absolute Gasteiger partial charge is 0.393 e. The third-order valence-corrected chi connectivity index (χ3v) is 4.25. The van der Waals surface area contributed by atoms with Crippen molar-refractivity contribution in [3.8, 4) is 0 Å². The van der Waals surface area contributed by atoms with Gasteiger partial charge >= 0.3 is 0 Å². The van der Waals surface area contributed by atoms with E-state index in [9.17, 15) is 0 Å². The van der Waals surface area contributed by atoms with E-state index in [0.29, 0.717) is 29.8 Å². The minimum atomic E-state index is 0.236. The first kappa shape index (κ1) is 16.5. The zero-order valence-electron chi connectivity index (χ0n) is 14.2. The lowest BCUT2D eigenvalue weighted by Crippen LogP contribution is -2.20. The first-order chi connectivity index (χ1) is 11.6. The Bertz CT molecular complexity index is 666. The molecule has 6 heteroatoms. The van der Waals surface area contributed by atoms with Crippen LogP contribution in [0.25, 0.3) is 0 Å². The van der Waals surface area contributed by atoms with Crippen LogP contribution in [0.2, 0.25) is 0 Å². The molecule has 0 amide bonds. The second-order valence-electron chi connectivity index (χ2n) is 6.40. The molecule has 1 aromatic heterocycles. The van der Waals surface area contributed by atoms with Gasteiger partial charge < -0.3 is 21.1 Å². The Morgan fingerprint density at radius 3 is 2.62 bits per heavy atom. The van der Waals surface area contributed by atoms with Crippen LogP contribution in [-0.2, 0) is 4.74 Å². The lowest BCUT2D eigenvalue weighted by atomic mass is 10.0. The van der Waals surface area contributed by atoms with Crippen LogP contribution < -0.4 is 16.4 Å². The number of nitrogen functional groups attached to an aromatic ring is 1. The van der Waals surface area contributed by atoms with Gasteiger partial charge in [-0.15, -0.1) is 0 Å². The predicted molar refractivity (Wildman–Crippen MR) is 97.7 cm³/mol. The van der Waals surface area contributed by atoms with E-state index in [1.54, 1.807) is 0 Å². The fourth-order valence-corrected chi connectivity index (χ4v) is 2.74. The highest BCUT2D eigenvalue weighted by atomic mass is 16.5. The number of nitrogens with zero attached hydrogens (tertiary/aromatic N) is 2. The summed E-state index contributed by atoms with van der Waals surface area (Å²) in [5, 5.41) is 6.52. The second kappa shape index (κ2) is 7.49. The maximum atomic E-state index is 6.20. The average Bonchev–Trinajstić information content (AvgIpc) is 3.09. The van der Waals surface area contributed by atoms with Crippen molar-refractivity contribution in [3.05, 3.63) is 36.2 Å². The second-order valence-corrected chi connectivity index (χ2v) is 6.40. The van der Waals surface area contributed by atoms with E-state index in [1.807, 2.05) is 12.1 Å². The molecule has 0 saturated carbocycles. The van der Waals surface area contributed by atoms with Crippen molar-refractivity contribution in [1.82, 2.24) is 9.97 Å². The monoisotopic (exact) mass is 327 g/mol. The zero-order chi connectivity index (χ0) is 16.9. The quantitative estimate of drug-likeness (QED) is 0.753. The Kier molecular flexibility index (Phi) is 5.15. The normalized spacial score (nSPS) is 17.2. The summed E-state index contributed by atoms with van der Waals surface area (Å²) in [6.07, 6.45) is 3.94. The number of hydrogen-bond donors (Lipinski definition) is 3. The van der Waals surface area contributed by atoms with Crippen LogP contribution in [0.1, 0.15) is 38.2 Å². The number of anilines is 4. The van der Waals surface area contributed by atoms with Crippen LogP contribution >= 0.6 is 0 Å². The van der Waals surface area contributed by atoms with E-state index in [-0.39, 0.29) is 6.10 Å². The minimum absolute atomic E-state index is 0.236. The Balaban J connectivity index is 1.67. The van der Waals surface area contributed by atoms with Crippen LogP contribution in [0.3, 0.4) is 0 Å². The van der Waals surface area contributed by atoms with Crippen LogP contribution in [0.4, 0.5) is 23.0 Å². The van der Waals surface area contributed by atoms with Gasteiger partial charge in [0.25, 0.3) is 0 Å². The molecular formula is C18H25N5O. The molecule has 1 aliphatic rings. The Morgan fingerprint density at radius 2 is 1.96 bits per heavy atom. The molecule has 24 heavy (non-hydrogen) atoms. The molecule has 6 nitrogen and oxygen atoms in total. The van der Waals surface area contributed by atoms with Gasteiger partial charge in [-0.2, -0.15) is 0 Å². The minimum Gasteiger partial charge on any atom is -0.393 e. The molecule has 1 unspecified atom stereocenters. The molecule has 2 aromatic rings. The SMILES string of the molecule is CC(C)c1ccc(Nc2ncnc(NCC3CCCO3)c2N)cc1. The van der Waals surface area contributed by atoms with Gasteiger partial charge in [-0.05, 0) is 36.5 Å². The van der Waals surface area contributed by atoms with Gasteiger partial charge in [-0.3, -0.25) is 0 Å². The van der Waals surface area contributed by atoms with Crippen molar-refractivity contribution in [3.63, 3.8) is 0 Å². The zero-order valence-corrected chi connectivity index (χ0v) is 14.2. The van der Waals surface area contributed by atoms with Crippen molar-refractivity contribution in [2.24, 2.45) is 0 Å². The summed E-state index contributed by atoms with van der Waals surface area (Å²) in [4.78, 5) is 8.49. The number of nitrogens with two attached hydrogens (primary N) is 1. The highest BCUT2D eigenvalue weighted by Crippen LogP contribution is 2.27. The number of rotatable bonds is 6. The standard InChI is InChI=1S/C18H25N5O/c1-12(2)13-5-7-14(8-6-13)23-18-16(19)17(21-11-22-18)20-10-15-4-3-9-24-15/h5-8,11-12,15H,3-4,9-10,19H2,1-2H3,(H2,20,21,22,23). The van der Waals surface area contributed by atoms with Gasteiger partial charge in [0.05, 0.1) is 6.10 Å². The molecule has 1 aliphatic heterocycles. The smallest absolute Gasteiger partial charge is 0.159 e. The van der Waals surface area contributed by atoms with Crippen molar-refractivity contribution >= 4 is 23.0 Å². The molecule has 0 spiro atoms. The van der Waals surface area contributed by atoms with Gasteiger partial charge in [0.15, 0.2) is 11.6 Å². The lowest BCUT2D eigenvalue weighted by molar-refractivity contribution is 0.120. The lowest BCUT2D eigenvalue weighted by Gasteiger charge is -2.15. The maximum Gasteiger partial charge on any atom is 0.159 e. The highest BCUT2D eigenvalue weighted by molar-refractivity contribution is 5.77. The summed E-state index contributed by atoms with van der Waals surface area (Å²) in [5.74, 6) is 1.76. The Morgan fingerprint density at radius 1 is 1.21 bits per heavy atom. The summed E-state index contributed by atoms with van der Waals surface area (Å²) in [5.41, 5.74) is 8.97. The summed E-state index contributed by atoms with van der Waals surface area (Å²) in [6, 6.07) is 8.30. The molecule has 1 saturated heterocycles. The van der Waals surface area contributed by atoms with E-state index in [1.165, 1.54) is 11.9 Å². The molecule has 1 fully saturated rings. The predicted octanol–water partition coefficient (Wildman–Crippen LogP) is 3.52. The molecular weight excluding hydrogens is 302 g/mol. The third kappa shape index (κ3) is 3.94. The third-order valence-electron chi connectivity index (χ3n) is 4.25. The topological polar surface area (TPSA) is 85.1 Å². The van der Waals surface area contributed by atoms with Gasteiger partial charge in [-0.25, -0.2) is 9.97 Å². The maximum absolute atomic E-state index is 6.20. The van der Waals surface area contributed by atoms with Crippen LogP contribution in [0, 0.1) is 0 Å². The number of aromatic nitrogens is 2. The van der Waals surface area contributed by atoms with Gasteiger partial charge in [0.1, 0.15) is 12.0 Å². The van der Waals surface area contributed by atoms with E-state index in [4.69, 9.17) is 10.5 Å². The fourth-order valence-electron chi connectivity index (χ4n) is 2.74. The number of benzene rings is 1. The molecule has 0 bridgehead atoms. The summed E-state index contributed by atoms with van der Waals surface area (Å²) < 4.78 is 5.61. The summed E-state index contributed by atoms with van der Waals surface area (Å²) >= 11 is 0. The van der Waals surface area contributed by atoms with Crippen molar-refractivity contribution in [2.45, 2.75) is 38.7 Å². The molecule has 128 valence electrons. The molecule has 3 rings (SSSR count). The first-order valence-corrected chi connectivity index (χ1v) is 8.46. The van der Waals surface area contributed by atoms with Crippen molar-refractivity contribution < 1.29 is 4.74 Å². The fraction of sp³-hybridized carbons (Fsp3) is 0.444. The molecule has 1 atom stereocenters. The molecule has 4 N–H and O–H groups in total. The summed E-state index contributed by atoms with van der Waals surface area (Å²) in [7, 11) is 0.